The van der Waals surface area contributed by atoms with Crippen molar-refractivity contribution in [1.82, 2.24) is 26.3 Å². The molecule has 298 valence electrons. The second-order valence-corrected chi connectivity index (χ2v) is 14.8. The lowest BCUT2D eigenvalue weighted by molar-refractivity contribution is -0.157. The monoisotopic (exact) mass is 773 g/mol. The summed E-state index contributed by atoms with van der Waals surface area (Å²) in [4.78, 5) is 70.2. The maximum Gasteiger partial charge on any atom is 0.408 e. The highest BCUT2D eigenvalue weighted by molar-refractivity contribution is 5.92. The number of hydrogen-bond acceptors (Lipinski definition) is 7. The summed E-state index contributed by atoms with van der Waals surface area (Å²) < 4.78 is 11.0. The normalized spacial score (nSPS) is 12.8. The molecule has 12 heteroatoms. The maximum absolute atomic E-state index is 14.1. The van der Waals surface area contributed by atoms with Crippen LogP contribution in [0, 0.1) is 5.92 Å². The molecular formula is C45H51N5O7. The van der Waals surface area contributed by atoms with Gasteiger partial charge >= 0.3 is 12.1 Å². The van der Waals surface area contributed by atoms with Gasteiger partial charge in [0.2, 0.25) is 17.7 Å². The van der Waals surface area contributed by atoms with Crippen LogP contribution in [0.3, 0.4) is 0 Å². The lowest BCUT2D eigenvalue weighted by Gasteiger charge is -2.24. The predicted octanol–water partition coefficient (Wildman–Crippen LogP) is 5.56. The van der Waals surface area contributed by atoms with Crippen LogP contribution in [0.5, 0.6) is 0 Å². The number of alkyl carbamates (subject to hydrolysis) is 1. The van der Waals surface area contributed by atoms with Crippen molar-refractivity contribution in [3.05, 3.63) is 144 Å². The van der Waals surface area contributed by atoms with Gasteiger partial charge in [0.25, 0.3) is 0 Å². The van der Waals surface area contributed by atoms with Crippen molar-refractivity contribution in [2.24, 2.45) is 5.92 Å². The van der Waals surface area contributed by atoms with Crippen molar-refractivity contribution in [2.75, 3.05) is 13.1 Å². The van der Waals surface area contributed by atoms with E-state index < -0.39 is 47.5 Å². The second kappa shape index (κ2) is 20.5. The highest BCUT2D eigenvalue weighted by Crippen LogP contribution is 2.20. The van der Waals surface area contributed by atoms with Crippen LogP contribution in [-0.2, 0) is 54.5 Å². The Bertz CT molecular complexity index is 2080. The van der Waals surface area contributed by atoms with Gasteiger partial charge in [0.05, 0.1) is 12.3 Å². The molecule has 1 aromatic heterocycles. The van der Waals surface area contributed by atoms with Crippen molar-refractivity contribution in [1.29, 1.82) is 0 Å². The highest BCUT2D eigenvalue weighted by Gasteiger charge is 2.29. The lowest BCUT2D eigenvalue weighted by Crippen LogP contribution is -2.55. The Morgan fingerprint density at radius 3 is 1.79 bits per heavy atom. The van der Waals surface area contributed by atoms with Crippen LogP contribution in [0.25, 0.3) is 10.9 Å². The standard InChI is InChI=1S/C45H51N5O7/c1-45(2,3)57-40(51)28-34(25-31-15-7-4-8-16-31)41(52)46-23-24-47-42(53)38(26-32-17-9-5-10-18-32)49-43(54)39(27-35-29-48-37-22-14-13-21-36(35)37)50-44(55)56-30-33-19-11-6-12-20-33/h4-22,29,34,38-39,48H,23-28,30H2,1-3H3,(H,46,52)(H,47,53)(H,49,54)(H,50,55)/t34?,38-,39-/m0/s1. The zero-order chi connectivity index (χ0) is 40.6. The molecule has 0 fully saturated rings. The lowest BCUT2D eigenvalue weighted by atomic mass is 9.95. The van der Waals surface area contributed by atoms with Crippen LogP contribution in [0.15, 0.2) is 121 Å². The molecule has 0 aliphatic rings. The minimum atomic E-state index is -1.09. The molecule has 4 amide bonds. The Morgan fingerprint density at radius 1 is 0.614 bits per heavy atom. The number of benzene rings is 4. The predicted molar refractivity (Wildman–Crippen MR) is 218 cm³/mol. The number of para-hydroxylation sites is 1. The first kappa shape index (κ1) is 41.7. The van der Waals surface area contributed by atoms with Gasteiger partial charge in [-0.1, -0.05) is 109 Å². The molecule has 57 heavy (non-hydrogen) atoms. The van der Waals surface area contributed by atoms with Gasteiger partial charge in [-0.3, -0.25) is 19.2 Å². The van der Waals surface area contributed by atoms with Crippen LogP contribution < -0.4 is 21.3 Å². The number of fused-ring (bicyclic) bond motifs is 1. The molecule has 0 aliphatic heterocycles. The molecule has 0 bridgehead atoms. The quantitative estimate of drug-likeness (QED) is 0.0575. The SMILES string of the molecule is CC(C)(C)OC(=O)CC(Cc1ccccc1)C(=O)NCCNC(=O)[C@H](Cc1ccccc1)NC(=O)[C@H](Cc1c[nH]c2ccccc12)NC(=O)OCc1ccccc1. The van der Waals surface area contributed by atoms with Gasteiger partial charge in [-0.15, -0.1) is 0 Å². The first-order chi connectivity index (χ1) is 27.4. The fraction of sp³-hybridized carbons (Fsp3) is 0.311. The van der Waals surface area contributed by atoms with E-state index in [1.54, 1.807) is 27.0 Å². The fourth-order valence-corrected chi connectivity index (χ4v) is 6.35. The van der Waals surface area contributed by atoms with Crippen LogP contribution >= 0.6 is 0 Å². The van der Waals surface area contributed by atoms with E-state index in [2.05, 4.69) is 26.3 Å². The first-order valence-corrected chi connectivity index (χ1v) is 19.1. The summed E-state index contributed by atoms with van der Waals surface area (Å²) in [5.41, 5.74) is 3.47. The molecular weight excluding hydrogens is 723 g/mol. The van der Waals surface area contributed by atoms with Crippen molar-refractivity contribution < 1.29 is 33.4 Å². The first-order valence-electron chi connectivity index (χ1n) is 19.1. The maximum atomic E-state index is 14.1. The fourth-order valence-electron chi connectivity index (χ4n) is 6.35. The van der Waals surface area contributed by atoms with E-state index in [1.165, 1.54) is 0 Å². The second-order valence-electron chi connectivity index (χ2n) is 14.8. The van der Waals surface area contributed by atoms with E-state index in [0.717, 1.165) is 33.2 Å². The summed E-state index contributed by atoms with van der Waals surface area (Å²) in [7, 11) is 0. The number of H-pyrrole nitrogens is 1. The number of nitrogens with one attached hydrogen (secondary N) is 5. The topological polar surface area (TPSA) is 168 Å². The van der Waals surface area contributed by atoms with Gasteiger partial charge in [-0.05, 0) is 55.5 Å². The summed E-state index contributed by atoms with van der Waals surface area (Å²) in [6.07, 6.45) is 1.52. The molecule has 4 aromatic carbocycles. The highest BCUT2D eigenvalue weighted by atomic mass is 16.6. The number of esters is 1. The van der Waals surface area contributed by atoms with E-state index >= 15 is 0 Å². The van der Waals surface area contributed by atoms with E-state index in [4.69, 9.17) is 9.47 Å². The number of carbonyl (C=O) groups is 5. The molecule has 0 saturated carbocycles. The molecule has 3 atom stereocenters. The molecule has 12 nitrogen and oxygen atoms in total. The Balaban J connectivity index is 1.25. The number of carbonyl (C=O) groups excluding carboxylic acids is 5. The average molecular weight is 774 g/mol. The van der Waals surface area contributed by atoms with Crippen LogP contribution in [0.1, 0.15) is 49.4 Å². The number of hydrogen-bond donors (Lipinski definition) is 5. The Morgan fingerprint density at radius 2 is 1.16 bits per heavy atom. The molecule has 5 rings (SSSR count). The molecule has 5 N–H and O–H groups in total. The van der Waals surface area contributed by atoms with Gasteiger partial charge < -0.3 is 35.7 Å². The van der Waals surface area contributed by atoms with Crippen molar-refractivity contribution in [2.45, 2.75) is 70.7 Å². The van der Waals surface area contributed by atoms with Crippen LogP contribution in [0.2, 0.25) is 0 Å². The molecule has 0 saturated heterocycles. The Hall–Kier alpha value is -6.43. The number of ether oxygens (including phenoxy) is 2. The van der Waals surface area contributed by atoms with E-state index in [9.17, 15) is 24.0 Å². The number of aromatic amines is 1. The minimum absolute atomic E-state index is 0.0116. The van der Waals surface area contributed by atoms with E-state index in [1.807, 2.05) is 115 Å². The zero-order valence-corrected chi connectivity index (χ0v) is 32.6. The molecule has 0 aliphatic carbocycles. The molecule has 1 heterocycles. The molecule has 0 radical (unpaired) electrons. The van der Waals surface area contributed by atoms with Gasteiger partial charge in [0.15, 0.2) is 0 Å². The smallest absolute Gasteiger partial charge is 0.408 e. The van der Waals surface area contributed by atoms with Crippen molar-refractivity contribution in [3.8, 4) is 0 Å². The third-order valence-electron chi connectivity index (χ3n) is 9.09. The average Bonchev–Trinajstić information content (AvgIpc) is 3.60. The molecule has 1 unspecified atom stereocenters. The van der Waals surface area contributed by atoms with Gasteiger partial charge in [-0.2, -0.15) is 0 Å². The summed E-state index contributed by atoms with van der Waals surface area (Å²) >= 11 is 0. The largest absolute Gasteiger partial charge is 0.460 e. The van der Waals surface area contributed by atoms with E-state index in [0.29, 0.717) is 6.42 Å². The zero-order valence-electron chi connectivity index (χ0n) is 32.6. The minimum Gasteiger partial charge on any atom is -0.460 e. The van der Waals surface area contributed by atoms with Crippen LogP contribution in [-0.4, -0.2) is 65.5 Å². The van der Waals surface area contributed by atoms with Crippen LogP contribution in [0.4, 0.5) is 4.79 Å². The summed E-state index contributed by atoms with van der Waals surface area (Å²) in [6.45, 7) is 5.46. The Kier molecular flexibility index (Phi) is 15.0. The van der Waals surface area contributed by atoms with Gasteiger partial charge in [-0.25, -0.2) is 4.79 Å². The van der Waals surface area contributed by atoms with E-state index in [-0.39, 0.29) is 44.9 Å². The third kappa shape index (κ3) is 13.7. The van der Waals surface area contributed by atoms with Crippen molar-refractivity contribution >= 4 is 40.7 Å². The number of amides is 4. The van der Waals surface area contributed by atoms with Gasteiger partial charge in [0.1, 0.15) is 24.3 Å². The summed E-state index contributed by atoms with van der Waals surface area (Å²) in [6, 6.07) is 33.4. The number of aromatic nitrogens is 1. The Labute approximate surface area is 333 Å². The molecule has 5 aromatic rings. The molecule has 0 spiro atoms. The summed E-state index contributed by atoms with van der Waals surface area (Å²) in [5, 5.41) is 12.2. The van der Waals surface area contributed by atoms with Crippen molar-refractivity contribution in [3.63, 3.8) is 0 Å². The summed E-state index contributed by atoms with van der Waals surface area (Å²) in [5.74, 6) is -2.57. The number of rotatable bonds is 18. The van der Waals surface area contributed by atoms with Gasteiger partial charge in [0, 0.05) is 43.0 Å². The third-order valence-corrected chi connectivity index (χ3v) is 9.09.